The second-order valence-corrected chi connectivity index (χ2v) is 8.66. The predicted molar refractivity (Wildman–Crippen MR) is 122 cm³/mol. The van der Waals surface area contributed by atoms with Gasteiger partial charge in [0.25, 0.3) is 0 Å². The average molecular weight is 463 g/mol. The van der Waals surface area contributed by atoms with E-state index in [1.54, 1.807) is 0 Å². The van der Waals surface area contributed by atoms with Crippen molar-refractivity contribution in [2.45, 2.75) is 19.4 Å². The van der Waals surface area contributed by atoms with Crippen molar-refractivity contribution >= 4 is 38.6 Å². The van der Waals surface area contributed by atoms with Gasteiger partial charge in [0.1, 0.15) is 5.82 Å². The van der Waals surface area contributed by atoms with Crippen molar-refractivity contribution in [2.75, 3.05) is 25.0 Å². The van der Waals surface area contributed by atoms with Crippen LogP contribution >= 0.6 is 15.9 Å². The molecule has 2 heterocycles. The Morgan fingerprint density at radius 2 is 1.93 bits per heavy atom. The molecule has 6 heteroatoms. The summed E-state index contributed by atoms with van der Waals surface area (Å²) in [6.07, 6.45) is 1.58. The van der Waals surface area contributed by atoms with E-state index in [9.17, 15) is 10.1 Å². The number of rotatable bonds is 4. The van der Waals surface area contributed by atoms with Gasteiger partial charge in [-0.2, -0.15) is 5.26 Å². The van der Waals surface area contributed by atoms with Gasteiger partial charge in [0.2, 0.25) is 5.91 Å². The van der Waals surface area contributed by atoms with Gasteiger partial charge in [0.15, 0.2) is 0 Å². The van der Waals surface area contributed by atoms with Crippen molar-refractivity contribution in [3.05, 3.63) is 70.2 Å². The molecule has 3 aromatic rings. The highest BCUT2D eigenvalue weighted by Crippen LogP contribution is 2.28. The van der Waals surface area contributed by atoms with E-state index >= 15 is 0 Å². The summed E-state index contributed by atoms with van der Waals surface area (Å²) in [4.78, 5) is 21.7. The molecule has 0 N–H and O–H groups in total. The number of nitrogens with zero attached hydrogens (tertiary/aromatic N) is 4. The van der Waals surface area contributed by atoms with Crippen LogP contribution in [0.2, 0.25) is 0 Å². The number of benzene rings is 2. The third kappa shape index (κ3) is 4.31. The molecule has 1 saturated heterocycles. The Balaban J connectivity index is 1.44. The Kier molecular flexibility index (Phi) is 6.01. The van der Waals surface area contributed by atoms with Crippen LogP contribution in [0.4, 0.5) is 5.82 Å². The van der Waals surface area contributed by atoms with Crippen LogP contribution in [0.1, 0.15) is 24.0 Å². The van der Waals surface area contributed by atoms with Crippen LogP contribution in [0.15, 0.2) is 59.1 Å². The third-order valence-corrected chi connectivity index (χ3v) is 6.18. The summed E-state index contributed by atoms with van der Waals surface area (Å²) in [5.41, 5.74) is 2.58. The highest BCUT2D eigenvalue weighted by Gasteiger charge is 2.28. The van der Waals surface area contributed by atoms with Crippen molar-refractivity contribution < 1.29 is 4.79 Å². The number of aromatic nitrogens is 1. The van der Waals surface area contributed by atoms with Crippen LogP contribution in [0.25, 0.3) is 10.9 Å². The van der Waals surface area contributed by atoms with Crippen molar-refractivity contribution in [3.8, 4) is 6.07 Å². The Morgan fingerprint density at radius 1 is 1.20 bits per heavy atom. The molecule has 1 amide bonds. The molecule has 30 heavy (non-hydrogen) atoms. The molecule has 1 fully saturated rings. The van der Waals surface area contributed by atoms with Crippen molar-refractivity contribution in [1.82, 2.24) is 9.88 Å². The number of anilines is 1. The molecule has 0 radical (unpaired) electrons. The van der Waals surface area contributed by atoms with Gasteiger partial charge >= 0.3 is 0 Å². The summed E-state index contributed by atoms with van der Waals surface area (Å²) in [6, 6.07) is 20.0. The quantitative estimate of drug-likeness (QED) is 0.561. The number of carbonyl (C=O) groups excluding carboxylic acids is 1. The summed E-state index contributed by atoms with van der Waals surface area (Å²) < 4.78 is 0.931. The molecule has 2 aromatic carbocycles. The van der Waals surface area contributed by atoms with E-state index in [0.717, 1.165) is 52.7 Å². The number of carbonyl (C=O) groups is 1. The number of piperidine rings is 1. The number of halogens is 1. The largest absolute Gasteiger partial charge is 0.357 e. The van der Waals surface area contributed by atoms with E-state index in [1.165, 1.54) is 0 Å². The molecule has 5 nitrogen and oxygen atoms in total. The second kappa shape index (κ2) is 8.85. The minimum Gasteiger partial charge on any atom is -0.357 e. The minimum atomic E-state index is 0.0295. The first kappa shape index (κ1) is 20.4. The molecule has 4 rings (SSSR count). The second-order valence-electron chi connectivity index (χ2n) is 7.74. The van der Waals surface area contributed by atoms with Gasteiger partial charge in [0, 0.05) is 42.5 Å². The molecule has 0 unspecified atom stereocenters. The lowest BCUT2D eigenvalue weighted by atomic mass is 9.95. The topological polar surface area (TPSA) is 60.2 Å². The van der Waals surface area contributed by atoms with E-state index in [4.69, 9.17) is 4.98 Å². The van der Waals surface area contributed by atoms with Gasteiger partial charge in [-0.25, -0.2) is 4.98 Å². The van der Waals surface area contributed by atoms with Crippen LogP contribution in [-0.2, 0) is 11.3 Å². The molecule has 1 aliphatic rings. The van der Waals surface area contributed by atoms with Crippen LogP contribution < -0.4 is 4.90 Å². The van der Waals surface area contributed by atoms with Crippen LogP contribution in [0, 0.1) is 17.2 Å². The normalized spacial score (nSPS) is 14.5. The summed E-state index contributed by atoms with van der Waals surface area (Å²) >= 11 is 3.46. The fraction of sp³-hybridized carbons (Fsp3) is 0.292. The fourth-order valence-electron chi connectivity index (χ4n) is 4.04. The monoisotopic (exact) mass is 462 g/mol. The van der Waals surface area contributed by atoms with E-state index in [1.807, 2.05) is 66.5 Å². The highest BCUT2D eigenvalue weighted by atomic mass is 79.9. The summed E-state index contributed by atoms with van der Waals surface area (Å²) in [5.74, 6) is 1.04. The van der Waals surface area contributed by atoms with E-state index in [-0.39, 0.29) is 11.8 Å². The zero-order valence-corrected chi connectivity index (χ0v) is 18.5. The molecule has 1 aliphatic heterocycles. The first-order valence-electron chi connectivity index (χ1n) is 10.1. The van der Waals surface area contributed by atoms with Gasteiger partial charge in [0.05, 0.1) is 17.1 Å². The first-order valence-corrected chi connectivity index (χ1v) is 10.9. The molecule has 0 bridgehead atoms. The Bertz CT molecular complexity index is 1100. The lowest BCUT2D eigenvalue weighted by molar-refractivity contribution is -0.135. The van der Waals surface area contributed by atoms with Gasteiger partial charge in [-0.3, -0.25) is 4.79 Å². The number of hydrogen-bond donors (Lipinski definition) is 0. The molecular formula is C24H23BrN4O. The SMILES string of the molecule is CN(Cc1ccccc1)C(=O)C1CCN(c2cc(C#N)c3cc(Br)ccc3n2)CC1. The molecule has 152 valence electrons. The van der Waals surface area contributed by atoms with E-state index < -0.39 is 0 Å². The maximum absolute atomic E-state index is 12.9. The molecule has 0 spiro atoms. The third-order valence-electron chi connectivity index (χ3n) is 5.68. The van der Waals surface area contributed by atoms with Gasteiger partial charge < -0.3 is 9.80 Å². The van der Waals surface area contributed by atoms with Gasteiger partial charge in [-0.1, -0.05) is 46.3 Å². The first-order chi connectivity index (χ1) is 14.5. The zero-order valence-electron chi connectivity index (χ0n) is 16.9. The number of fused-ring (bicyclic) bond motifs is 1. The molecule has 0 aliphatic carbocycles. The molecule has 1 aromatic heterocycles. The number of hydrogen-bond acceptors (Lipinski definition) is 4. The number of nitriles is 1. The smallest absolute Gasteiger partial charge is 0.225 e. The molecular weight excluding hydrogens is 440 g/mol. The molecule has 0 saturated carbocycles. The predicted octanol–water partition coefficient (Wildman–Crippen LogP) is 4.74. The van der Waals surface area contributed by atoms with E-state index in [2.05, 4.69) is 26.9 Å². The van der Waals surface area contributed by atoms with Crippen LogP contribution in [0.5, 0.6) is 0 Å². The van der Waals surface area contributed by atoms with Gasteiger partial charge in [-0.05, 0) is 42.7 Å². The Labute approximate surface area is 185 Å². The zero-order chi connectivity index (χ0) is 21.1. The van der Waals surface area contributed by atoms with Gasteiger partial charge in [-0.15, -0.1) is 0 Å². The number of pyridine rings is 1. The Morgan fingerprint density at radius 3 is 2.63 bits per heavy atom. The van der Waals surface area contributed by atoms with Crippen molar-refractivity contribution in [2.24, 2.45) is 5.92 Å². The van der Waals surface area contributed by atoms with E-state index in [0.29, 0.717) is 12.1 Å². The Hall–Kier alpha value is -2.91. The lowest BCUT2D eigenvalue weighted by Crippen LogP contribution is -2.41. The maximum Gasteiger partial charge on any atom is 0.225 e. The van der Waals surface area contributed by atoms with Crippen LogP contribution in [-0.4, -0.2) is 35.9 Å². The fourth-order valence-corrected chi connectivity index (χ4v) is 4.40. The van der Waals surface area contributed by atoms with Crippen molar-refractivity contribution in [3.63, 3.8) is 0 Å². The number of amides is 1. The summed E-state index contributed by atoms with van der Waals surface area (Å²) in [6.45, 7) is 2.15. The van der Waals surface area contributed by atoms with Crippen molar-refractivity contribution in [1.29, 1.82) is 5.26 Å². The van der Waals surface area contributed by atoms with Crippen LogP contribution in [0.3, 0.4) is 0 Å². The standard InChI is InChI=1S/C24H23BrN4O/c1-28(16-17-5-3-2-4-6-17)24(30)18-9-11-29(12-10-18)23-13-19(15-26)21-14-20(25)7-8-22(21)27-23/h2-8,13-14,18H,9-12,16H2,1H3. The highest BCUT2D eigenvalue weighted by molar-refractivity contribution is 9.10. The maximum atomic E-state index is 12.9. The molecule has 0 atom stereocenters. The minimum absolute atomic E-state index is 0.0295. The lowest BCUT2D eigenvalue weighted by Gasteiger charge is -2.34. The summed E-state index contributed by atoms with van der Waals surface area (Å²) in [7, 11) is 1.88. The average Bonchev–Trinajstić information content (AvgIpc) is 2.78. The summed E-state index contributed by atoms with van der Waals surface area (Å²) in [5, 5.41) is 10.4.